The highest BCUT2D eigenvalue weighted by atomic mass is 19.1. The second-order valence-corrected chi connectivity index (χ2v) is 4.04. The van der Waals surface area contributed by atoms with E-state index < -0.39 is 0 Å². The number of hydrogen-bond donors (Lipinski definition) is 1. The molecule has 1 saturated heterocycles. The molecule has 0 saturated carbocycles. The predicted octanol–water partition coefficient (Wildman–Crippen LogP) is 1.23. The van der Waals surface area contributed by atoms with Gasteiger partial charge >= 0.3 is 0 Å². The quantitative estimate of drug-likeness (QED) is 0.847. The van der Waals surface area contributed by atoms with E-state index in [1.807, 2.05) is 0 Å². The van der Waals surface area contributed by atoms with Crippen molar-refractivity contribution in [3.8, 4) is 5.69 Å². The fraction of sp³-hybridized carbons (Fsp3) is 0.364. The Morgan fingerprint density at radius 1 is 1.35 bits per heavy atom. The molecule has 0 radical (unpaired) electrons. The third-order valence-corrected chi connectivity index (χ3v) is 2.87. The number of rotatable bonds is 2. The molecule has 1 aromatic heterocycles. The molecule has 2 aromatic rings. The maximum absolute atomic E-state index is 13.5. The number of benzene rings is 1. The third kappa shape index (κ3) is 1.91. The average molecular weight is 233 g/mol. The van der Waals surface area contributed by atoms with Gasteiger partial charge in [-0.1, -0.05) is 12.1 Å². The minimum absolute atomic E-state index is 0.149. The summed E-state index contributed by atoms with van der Waals surface area (Å²) < 4.78 is 13.5. The molecule has 0 spiro atoms. The molecule has 17 heavy (non-hydrogen) atoms. The first kappa shape index (κ1) is 10.3. The van der Waals surface area contributed by atoms with Crippen molar-refractivity contribution in [3.05, 3.63) is 35.9 Å². The van der Waals surface area contributed by atoms with Crippen LogP contribution in [0.1, 0.15) is 24.7 Å². The molecule has 1 atom stereocenters. The second-order valence-electron chi connectivity index (χ2n) is 4.04. The van der Waals surface area contributed by atoms with Gasteiger partial charge in [-0.25, -0.2) is 4.39 Å². The van der Waals surface area contributed by atoms with Crippen LogP contribution in [0.2, 0.25) is 0 Å². The fourth-order valence-corrected chi connectivity index (χ4v) is 1.99. The summed E-state index contributed by atoms with van der Waals surface area (Å²) in [7, 11) is 0. The SMILES string of the molecule is Fc1ccccc1-n1nnc(C2CCCN2)n1. The van der Waals surface area contributed by atoms with Crippen molar-refractivity contribution >= 4 is 0 Å². The van der Waals surface area contributed by atoms with Gasteiger partial charge in [0.15, 0.2) is 11.6 Å². The summed E-state index contributed by atoms with van der Waals surface area (Å²) in [5.41, 5.74) is 0.323. The Hall–Kier alpha value is -1.82. The van der Waals surface area contributed by atoms with Crippen LogP contribution in [-0.4, -0.2) is 26.8 Å². The molecule has 1 aromatic carbocycles. The van der Waals surface area contributed by atoms with Crippen molar-refractivity contribution in [3.63, 3.8) is 0 Å². The molecule has 0 aliphatic carbocycles. The first-order valence-electron chi connectivity index (χ1n) is 5.63. The molecule has 2 heterocycles. The number of halogens is 1. The zero-order valence-corrected chi connectivity index (χ0v) is 9.17. The van der Waals surface area contributed by atoms with Gasteiger partial charge in [-0.05, 0) is 36.7 Å². The van der Waals surface area contributed by atoms with Crippen molar-refractivity contribution in [1.29, 1.82) is 0 Å². The smallest absolute Gasteiger partial charge is 0.192 e. The number of aromatic nitrogens is 4. The Labute approximate surface area is 97.6 Å². The number of nitrogens with one attached hydrogen (secondary N) is 1. The average Bonchev–Trinajstić information content (AvgIpc) is 3.00. The molecule has 88 valence electrons. The zero-order valence-electron chi connectivity index (χ0n) is 9.17. The monoisotopic (exact) mass is 233 g/mol. The van der Waals surface area contributed by atoms with E-state index >= 15 is 0 Å². The van der Waals surface area contributed by atoms with Crippen LogP contribution < -0.4 is 5.32 Å². The molecular weight excluding hydrogens is 221 g/mol. The number of para-hydroxylation sites is 1. The van der Waals surface area contributed by atoms with Crippen LogP contribution in [0.25, 0.3) is 5.69 Å². The lowest BCUT2D eigenvalue weighted by Gasteiger charge is -2.02. The molecule has 0 bridgehead atoms. The van der Waals surface area contributed by atoms with Crippen LogP contribution in [0.4, 0.5) is 4.39 Å². The van der Waals surface area contributed by atoms with E-state index in [0.29, 0.717) is 11.5 Å². The summed E-state index contributed by atoms with van der Waals surface area (Å²) in [6.07, 6.45) is 2.11. The largest absolute Gasteiger partial charge is 0.307 e. The van der Waals surface area contributed by atoms with E-state index in [1.54, 1.807) is 18.2 Å². The molecule has 3 rings (SSSR count). The Bertz CT molecular complexity index is 518. The highest BCUT2D eigenvalue weighted by Gasteiger charge is 2.21. The Balaban J connectivity index is 1.92. The van der Waals surface area contributed by atoms with Crippen molar-refractivity contribution < 1.29 is 4.39 Å². The summed E-state index contributed by atoms with van der Waals surface area (Å²) >= 11 is 0. The lowest BCUT2D eigenvalue weighted by Crippen LogP contribution is -2.14. The highest BCUT2D eigenvalue weighted by Crippen LogP contribution is 2.19. The van der Waals surface area contributed by atoms with Crippen molar-refractivity contribution in [2.45, 2.75) is 18.9 Å². The van der Waals surface area contributed by atoms with Gasteiger partial charge in [-0.15, -0.1) is 15.0 Å². The Morgan fingerprint density at radius 3 is 3.00 bits per heavy atom. The van der Waals surface area contributed by atoms with Crippen molar-refractivity contribution in [2.75, 3.05) is 6.54 Å². The summed E-state index contributed by atoms with van der Waals surface area (Å²) in [6.45, 7) is 0.971. The summed E-state index contributed by atoms with van der Waals surface area (Å²) in [5, 5.41) is 15.4. The van der Waals surface area contributed by atoms with E-state index in [2.05, 4.69) is 20.7 Å². The van der Waals surface area contributed by atoms with Crippen LogP contribution in [0.3, 0.4) is 0 Å². The maximum Gasteiger partial charge on any atom is 0.192 e. The van der Waals surface area contributed by atoms with Gasteiger partial charge in [0.25, 0.3) is 0 Å². The molecule has 1 aliphatic rings. The topological polar surface area (TPSA) is 55.6 Å². The Morgan fingerprint density at radius 2 is 2.24 bits per heavy atom. The first-order chi connectivity index (χ1) is 8.34. The van der Waals surface area contributed by atoms with E-state index in [0.717, 1.165) is 19.4 Å². The molecule has 1 unspecified atom stereocenters. The normalized spacial score (nSPS) is 19.7. The maximum atomic E-state index is 13.5. The minimum atomic E-state index is -0.351. The highest BCUT2D eigenvalue weighted by molar-refractivity contribution is 5.30. The van der Waals surface area contributed by atoms with Crippen LogP contribution in [-0.2, 0) is 0 Å². The molecule has 5 nitrogen and oxygen atoms in total. The molecule has 1 fully saturated rings. The van der Waals surface area contributed by atoms with Crippen molar-refractivity contribution in [2.24, 2.45) is 0 Å². The van der Waals surface area contributed by atoms with E-state index in [4.69, 9.17) is 0 Å². The first-order valence-corrected chi connectivity index (χ1v) is 5.63. The fourth-order valence-electron chi connectivity index (χ4n) is 1.99. The minimum Gasteiger partial charge on any atom is -0.307 e. The second kappa shape index (κ2) is 4.21. The predicted molar refractivity (Wildman–Crippen MR) is 59.1 cm³/mol. The summed E-state index contributed by atoms with van der Waals surface area (Å²) in [5.74, 6) is 0.279. The lowest BCUT2D eigenvalue weighted by atomic mass is 10.2. The van der Waals surface area contributed by atoms with Crippen LogP contribution in [0, 0.1) is 5.82 Å². The van der Waals surface area contributed by atoms with Crippen molar-refractivity contribution in [1.82, 2.24) is 25.5 Å². The third-order valence-electron chi connectivity index (χ3n) is 2.87. The van der Waals surface area contributed by atoms with Gasteiger partial charge in [0.2, 0.25) is 0 Å². The summed E-state index contributed by atoms with van der Waals surface area (Å²) in [4.78, 5) is 1.24. The van der Waals surface area contributed by atoms with Gasteiger partial charge < -0.3 is 5.32 Å². The van der Waals surface area contributed by atoms with E-state index in [9.17, 15) is 4.39 Å². The van der Waals surface area contributed by atoms with Crippen LogP contribution in [0.5, 0.6) is 0 Å². The van der Waals surface area contributed by atoms with E-state index in [-0.39, 0.29) is 11.9 Å². The van der Waals surface area contributed by atoms with Gasteiger partial charge in [0.05, 0.1) is 6.04 Å². The van der Waals surface area contributed by atoms with E-state index in [1.165, 1.54) is 10.9 Å². The Kier molecular flexibility index (Phi) is 2.56. The number of tetrazole rings is 1. The summed E-state index contributed by atoms with van der Waals surface area (Å²) in [6, 6.07) is 6.54. The van der Waals surface area contributed by atoms with Gasteiger partial charge in [-0.2, -0.15) is 0 Å². The lowest BCUT2D eigenvalue weighted by molar-refractivity contribution is 0.583. The zero-order chi connectivity index (χ0) is 11.7. The standard InChI is InChI=1S/C11H12FN5/c12-8-4-1-2-6-10(8)17-15-11(14-16-17)9-5-3-7-13-9/h1-2,4,6,9,13H,3,5,7H2. The van der Waals surface area contributed by atoms with Gasteiger partial charge in [0, 0.05) is 0 Å². The van der Waals surface area contributed by atoms with Crippen LogP contribution >= 0.6 is 0 Å². The molecule has 6 heteroatoms. The molecule has 0 amide bonds. The van der Waals surface area contributed by atoms with Gasteiger partial charge in [0.1, 0.15) is 5.69 Å². The molecule has 1 N–H and O–H groups in total. The van der Waals surface area contributed by atoms with Crippen LogP contribution in [0.15, 0.2) is 24.3 Å². The number of hydrogen-bond acceptors (Lipinski definition) is 4. The number of nitrogens with zero attached hydrogens (tertiary/aromatic N) is 4. The van der Waals surface area contributed by atoms with Gasteiger partial charge in [-0.3, -0.25) is 0 Å². The molecular formula is C11H12FN5. The molecule has 1 aliphatic heterocycles.